The Bertz CT molecular complexity index is 642. The summed E-state index contributed by atoms with van der Waals surface area (Å²) in [4.78, 5) is 11.9. The van der Waals surface area contributed by atoms with Crippen LogP contribution in [-0.2, 0) is 10.3 Å². The quantitative estimate of drug-likeness (QED) is 0.899. The van der Waals surface area contributed by atoms with Gasteiger partial charge in [-0.05, 0) is 49.2 Å². The van der Waals surface area contributed by atoms with Crippen LogP contribution in [0.3, 0.4) is 0 Å². The Kier molecular flexibility index (Phi) is 3.74. The van der Waals surface area contributed by atoms with Crippen molar-refractivity contribution in [3.05, 3.63) is 65.5 Å². The molecule has 0 fully saturated rings. The molecule has 2 aromatic rings. The molecule has 20 heavy (non-hydrogen) atoms. The lowest BCUT2D eigenvalue weighted by Crippen LogP contribution is -2.45. The molecular formula is C16H17FN2O. The number of primary amides is 1. The van der Waals surface area contributed by atoms with Crippen molar-refractivity contribution in [2.45, 2.75) is 19.4 Å². The molecule has 0 saturated heterocycles. The standard InChI is InChI=1S/C16H17FN2O/c1-11-5-3-8-14(9-11)19-16(2,15(18)20)12-6-4-7-13(17)10-12/h3-10,19H,1-2H3,(H2,18,20). The predicted molar refractivity (Wildman–Crippen MR) is 77.7 cm³/mol. The van der Waals surface area contributed by atoms with Crippen molar-refractivity contribution in [1.82, 2.24) is 0 Å². The Morgan fingerprint density at radius 2 is 1.90 bits per heavy atom. The fourth-order valence-corrected chi connectivity index (χ4v) is 2.09. The van der Waals surface area contributed by atoms with Gasteiger partial charge in [0.2, 0.25) is 5.91 Å². The number of anilines is 1. The molecule has 104 valence electrons. The molecule has 0 heterocycles. The maximum Gasteiger partial charge on any atom is 0.247 e. The minimum atomic E-state index is -1.17. The van der Waals surface area contributed by atoms with E-state index in [1.807, 2.05) is 31.2 Å². The summed E-state index contributed by atoms with van der Waals surface area (Å²) in [5.74, 6) is -0.967. The number of halogens is 1. The van der Waals surface area contributed by atoms with E-state index in [1.54, 1.807) is 19.1 Å². The van der Waals surface area contributed by atoms with Crippen molar-refractivity contribution in [3.63, 3.8) is 0 Å². The highest BCUT2D eigenvalue weighted by Crippen LogP contribution is 2.27. The Morgan fingerprint density at radius 1 is 1.20 bits per heavy atom. The Hall–Kier alpha value is -2.36. The van der Waals surface area contributed by atoms with Crippen molar-refractivity contribution < 1.29 is 9.18 Å². The highest BCUT2D eigenvalue weighted by molar-refractivity contribution is 5.89. The van der Waals surface area contributed by atoms with Crippen LogP contribution in [0.2, 0.25) is 0 Å². The van der Waals surface area contributed by atoms with Gasteiger partial charge in [0, 0.05) is 5.69 Å². The normalized spacial score (nSPS) is 13.6. The third kappa shape index (κ3) is 2.79. The summed E-state index contributed by atoms with van der Waals surface area (Å²) in [6.07, 6.45) is 0. The molecule has 0 spiro atoms. The molecule has 0 bridgehead atoms. The molecule has 1 amide bonds. The molecule has 1 atom stereocenters. The first-order valence-electron chi connectivity index (χ1n) is 6.32. The summed E-state index contributed by atoms with van der Waals surface area (Å²) in [5, 5.41) is 3.10. The van der Waals surface area contributed by atoms with E-state index in [0.717, 1.165) is 11.3 Å². The van der Waals surface area contributed by atoms with E-state index in [2.05, 4.69) is 5.32 Å². The van der Waals surface area contributed by atoms with Crippen LogP contribution in [-0.4, -0.2) is 5.91 Å². The molecule has 3 nitrogen and oxygen atoms in total. The van der Waals surface area contributed by atoms with Crippen LogP contribution in [0.25, 0.3) is 0 Å². The monoisotopic (exact) mass is 272 g/mol. The summed E-state index contributed by atoms with van der Waals surface area (Å²) in [6, 6.07) is 13.5. The Morgan fingerprint density at radius 3 is 2.50 bits per heavy atom. The Balaban J connectivity index is 2.42. The van der Waals surface area contributed by atoms with E-state index in [1.165, 1.54) is 12.1 Å². The van der Waals surface area contributed by atoms with Crippen LogP contribution in [0.1, 0.15) is 18.1 Å². The smallest absolute Gasteiger partial charge is 0.247 e. The first-order valence-corrected chi connectivity index (χ1v) is 6.32. The van der Waals surface area contributed by atoms with E-state index in [-0.39, 0.29) is 0 Å². The van der Waals surface area contributed by atoms with Gasteiger partial charge < -0.3 is 11.1 Å². The van der Waals surface area contributed by atoms with Gasteiger partial charge >= 0.3 is 0 Å². The lowest BCUT2D eigenvalue weighted by Gasteiger charge is -2.29. The second-order valence-electron chi connectivity index (χ2n) is 4.99. The second kappa shape index (κ2) is 5.33. The number of aryl methyl sites for hydroxylation is 1. The van der Waals surface area contributed by atoms with Crippen molar-refractivity contribution in [2.24, 2.45) is 5.73 Å². The van der Waals surface area contributed by atoms with Gasteiger partial charge in [-0.1, -0.05) is 24.3 Å². The molecule has 2 aromatic carbocycles. The molecular weight excluding hydrogens is 255 g/mol. The maximum absolute atomic E-state index is 13.4. The lowest BCUT2D eigenvalue weighted by molar-refractivity contribution is -0.122. The van der Waals surface area contributed by atoms with Gasteiger partial charge in [0.1, 0.15) is 11.4 Å². The number of carbonyl (C=O) groups excluding carboxylic acids is 1. The van der Waals surface area contributed by atoms with Gasteiger partial charge in [-0.15, -0.1) is 0 Å². The zero-order valence-corrected chi connectivity index (χ0v) is 11.5. The van der Waals surface area contributed by atoms with Crippen molar-refractivity contribution in [2.75, 3.05) is 5.32 Å². The predicted octanol–water partition coefficient (Wildman–Crippen LogP) is 2.95. The van der Waals surface area contributed by atoms with Crippen LogP contribution >= 0.6 is 0 Å². The third-order valence-electron chi connectivity index (χ3n) is 3.31. The minimum absolute atomic E-state index is 0.402. The van der Waals surface area contributed by atoms with E-state index in [0.29, 0.717) is 5.56 Å². The molecule has 0 aliphatic rings. The lowest BCUT2D eigenvalue weighted by atomic mass is 9.90. The summed E-state index contributed by atoms with van der Waals surface area (Å²) >= 11 is 0. The topological polar surface area (TPSA) is 55.1 Å². The maximum atomic E-state index is 13.4. The average molecular weight is 272 g/mol. The average Bonchev–Trinajstić information content (AvgIpc) is 2.38. The first kappa shape index (κ1) is 14.1. The fraction of sp³-hybridized carbons (Fsp3) is 0.188. The molecule has 3 N–H and O–H groups in total. The van der Waals surface area contributed by atoms with Crippen LogP contribution in [0.15, 0.2) is 48.5 Å². The van der Waals surface area contributed by atoms with Crippen molar-refractivity contribution >= 4 is 11.6 Å². The van der Waals surface area contributed by atoms with Gasteiger partial charge in [0.05, 0.1) is 0 Å². The van der Waals surface area contributed by atoms with Crippen molar-refractivity contribution in [3.8, 4) is 0 Å². The second-order valence-corrected chi connectivity index (χ2v) is 4.99. The molecule has 0 radical (unpaired) electrons. The number of nitrogens with one attached hydrogen (secondary N) is 1. The molecule has 0 aliphatic heterocycles. The molecule has 2 rings (SSSR count). The summed E-state index contributed by atoms with van der Waals surface area (Å²) in [6.45, 7) is 3.60. The van der Waals surface area contributed by atoms with E-state index in [4.69, 9.17) is 5.73 Å². The number of hydrogen-bond donors (Lipinski definition) is 2. The van der Waals surface area contributed by atoms with Crippen LogP contribution in [0.5, 0.6) is 0 Å². The highest BCUT2D eigenvalue weighted by Gasteiger charge is 2.33. The summed E-state index contributed by atoms with van der Waals surface area (Å²) in [5.41, 5.74) is 6.65. The van der Waals surface area contributed by atoms with Gasteiger partial charge in [-0.3, -0.25) is 4.79 Å². The van der Waals surface area contributed by atoms with Gasteiger partial charge in [-0.25, -0.2) is 4.39 Å². The zero-order chi connectivity index (χ0) is 14.8. The van der Waals surface area contributed by atoms with Crippen LogP contribution in [0, 0.1) is 12.7 Å². The van der Waals surface area contributed by atoms with E-state index >= 15 is 0 Å². The SMILES string of the molecule is Cc1cccc(NC(C)(C(N)=O)c2cccc(F)c2)c1. The molecule has 4 heteroatoms. The van der Waals surface area contributed by atoms with Crippen molar-refractivity contribution in [1.29, 1.82) is 0 Å². The van der Waals surface area contributed by atoms with Gasteiger partial charge in [0.15, 0.2) is 0 Å². The van der Waals surface area contributed by atoms with Crippen LogP contribution in [0.4, 0.5) is 10.1 Å². The fourth-order valence-electron chi connectivity index (χ4n) is 2.09. The van der Waals surface area contributed by atoms with Gasteiger partial charge in [0.25, 0.3) is 0 Å². The largest absolute Gasteiger partial charge is 0.368 e. The number of amides is 1. The zero-order valence-electron chi connectivity index (χ0n) is 11.5. The number of benzene rings is 2. The number of hydrogen-bond acceptors (Lipinski definition) is 2. The first-order chi connectivity index (χ1) is 9.41. The number of carbonyl (C=O) groups is 1. The molecule has 0 aromatic heterocycles. The number of rotatable bonds is 4. The molecule has 0 saturated carbocycles. The number of nitrogens with two attached hydrogens (primary N) is 1. The minimum Gasteiger partial charge on any atom is -0.368 e. The molecule has 1 unspecified atom stereocenters. The van der Waals surface area contributed by atoms with E-state index < -0.39 is 17.3 Å². The molecule has 0 aliphatic carbocycles. The van der Waals surface area contributed by atoms with E-state index in [9.17, 15) is 9.18 Å². The van der Waals surface area contributed by atoms with Crippen LogP contribution < -0.4 is 11.1 Å². The van der Waals surface area contributed by atoms with Gasteiger partial charge in [-0.2, -0.15) is 0 Å². The summed E-state index contributed by atoms with van der Waals surface area (Å²) in [7, 11) is 0. The third-order valence-corrected chi connectivity index (χ3v) is 3.31. The summed E-state index contributed by atoms with van der Waals surface area (Å²) < 4.78 is 13.4. The highest BCUT2D eigenvalue weighted by atomic mass is 19.1. The Labute approximate surface area is 117 Å².